The quantitative estimate of drug-likeness (QED) is 0.848. The molecule has 5 nitrogen and oxygen atoms in total. The van der Waals surface area contributed by atoms with Crippen LogP contribution in [0.1, 0.15) is 46.4 Å². The lowest BCUT2D eigenvalue weighted by Gasteiger charge is -2.13. The molecule has 0 saturated heterocycles. The molecule has 110 valence electrons. The summed E-state index contributed by atoms with van der Waals surface area (Å²) in [6.07, 6.45) is 0.945. The van der Waals surface area contributed by atoms with Crippen LogP contribution in [-0.4, -0.2) is 21.4 Å². The second-order valence-corrected chi connectivity index (χ2v) is 5.00. The zero-order valence-corrected chi connectivity index (χ0v) is 12.3. The number of aliphatic hydroxyl groups is 1. The second kappa shape index (κ2) is 5.93. The van der Waals surface area contributed by atoms with Crippen LogP contribution in [0.4, 0.5) is 5.69 Å². The number of amides is 1. The normalized spacial score (nSPS) is 12.0. The minimum Gasteiger partial charge on any atom is -0.389 e. The average Bonchev–Trinajstić information content (AvgIpc) is 2.81. The minimum absolute atomic E-state index is 0.0889. The van der Waals surface area contributed by atoms with Crippen LogP contribution in [0.3, 0.4) is 0 Å². The standard InChI is InChI=1S/C16H18N2O3/c1-10(19)12-8-15(18(3)9-12)16(21)17-14-7-5-4-6-13(14)11(2)20/h4-9,11,20H,1-3H3,(H,17,21). The molecule has 0 aliphatic heterocycles. The molecule has 0 aliphatic carbocycles. The van der Waals surface area contributed by atoms with E-state index in [1.807, 2.05) is 0 Å². The molecule has 2 aromatic rings. The highest BCUT2D eigenvalue weighted by Gasteiger charge is 2.16. The number of carbonyl (C=O) groups is 2. The summed E-state index contributed by atoms with van der Waals surface area (Å²) in [6.45, 7) is 3.10. The number of hydrogen-bond acceptors (Lipinski definition) is 3. The summed E-state index contributed by atoms with van der Waals surface area (Å²) in [7, 11) is 1.71. The first-order valence-corrected chi connectivity index (χ1v) is 6.65. The first-order chi connectivity index (χ1) is 9.90. The van der Waals surface area contributed by atoms with E-state index in [0.29, 0.717) is 22.5 Å². The Balaban J connectivity index is 2.28. The maximum absolute atomic E-state index is 12.3. The van der Waals surface area contributed by atoms with Crippen molar-refractivity contribution in [3.8, 4) is 0 Å². The number of para-hydroxylation sites is 1. The lowest BCUT2D eigenvalue weighted by atomic mass is 10.1. The smallest absolute Gasteiger partial charge is 0.272 e. The number of nitrogens with one attached hydrogen (secondary N) is 1. The first-order valence-electron chi connectivity index (χ1n) is 6.65. The van der Waals surface area contributed by atoms with Crippen LogP contribution >= 0.6 is 0 Å². The zero-order chi connectivity index (χ0) is 15.6. The van der Waals surface area contributed by atoms with Crippen LogP contribution in [0.5, 0.6) is 0 Å². The van der Waals surface area contributed by atoms with Crippen molar-refractivity contribution in [2.24, 2.45) is 7.05 Å². The fraction of sp³-hybridized carbons (Fsp3) is 0.250. The number of aromatic nitrogens is 1. The third-order valence-electron chi connectivity index (χ3n) is 3.30. The van der Waals surface area contributed by atoms with Crippen molar-refractivity contribution in [3.05, 3.63) is 53.3 Å². The van der Waals surface area contributed by atoms with Gasteiger partial charge in [0, 0.05) is 30.1 Å². The Kier molecular flexibility index (Phi) is 4.23. The van der Waals surface area contributed by atoms with Crippen molar-refractivity contribution in [1.29, 1.82) is 0 Å². The second-order valence-electron chi connectivity index (χ2n) is 5.00. The SMILES string of the molecule is CC(=O)c1cc(C(=O)Nc2ccccc2C(C)O)n(C)c1. The summed E-state index contributed by atoms with van der Waals surface area (Å²) in [5, 5.41) is 12.5. The molecule has 0 radical (unpaired) electrons. The average molecular weight is 286 g/mol. The van der Waals surface area contributed by atoms with E-state index >= 15 is 0 Å². The van der Waals surface area contributed by atoms with Gasteiger partial charge >= 0.3 is 0 Å². The van der Waals surface area contributed by atoms with Gasteiger partial charge in [0.15, 0.2) is 5.78 Å². The van der Waals surface area contributed by atoms with Gasteiger partial charge in [0.1, 0.15) is 5.69 Å². The molecular weight excluding hydrogens is 268 g/mol. The third-order valence-corrected chi connectivity index (χ3v) is 3.30. The Morgan fingerprint density at radius 2 is 1.95 bits per heavy atom. The van der Waals surface area contributed by atoms with Crippen LogP contribution < -0.4 is 5.32 Å². The molecule has 0 fully saturated rings. The van der Waals surface area contributed by atoms with E-state index in [1.165, 1.54) is 6.92 Å². The summed E-state index contributed by atoms with van der Waals surface area (Å²) in [4.78, 5) is 23.7. The zero-order valence-electron chi connectivity index (χ0n) is 12.3. The fourth-order valence-electron chi connectivity index (χ4n) is 2.14. The highest BCUT2D eigenvalue weighted by atomic mass is 16.3. The number of anilines is 1. The van der Waals surface area contributed by atoms with Crippen molar-refractivity contribution >= 4 is 17.4 Å². The van der Waals surface area contributed by atoms with Gasteiger partial charge in [0.05, 0.1) is 6.10 Å². The molecule has 0 saturated carbocycles. The van der Waals surface area contributed by atoms with Crippen molar-refractivity contribution in [3.63, 3.8) is 0 Å². The fourth-order valence-corrected chi connectivity index (χ4v) is 2.14. The summed E-state index contributed by atoms with van der Waals surface area (Å²) >= 11 is 0. The van der Waals surface area contributed by atoms with Gasteiger partial charge in [0.25, 0.3) is 5.91 Å². The minimum atomic E-state index is -0.678. The highest BCUT2D eigenvalue weighted by Crippen LogP contribution is 2.23. The van der Waals surface area contributed by atoms with Crippen molar-refractivity contribution in [1.82, 2.24) is 4.57 Å². The molecular formula is C16H18N2O3. The van der Waals surface area contributed by atoms with Crippen LogP contribution in [0.25, 0.3) is 0 Å². The van der Waals surface area contributed by atoms with Crippen molar-refractivity contribution in [2.75, 3.05) is 5.32 Å². The number of aliphatic hydroxyl groups excluding tert-OH is 1. The molecule has 1 unspecified atom stereocenters. The van der Waals surface area contributed by atoms with Crippen LogP contribution in [0.15, 0.2) is 36.5 Å². The van der Waals surface area contributed by atoms with Gasteiger partial charge in [-0.25, -0.2) is 0 Å². The molecule has 1 amide bonds. The van der Waals surface area contributed by atoms with Crippen molar-refractivity contribution < 1.29 is 14.7 Å². The van der Waals surface area contributed by atoms with E-state index < -0.39 is 6.10 Å². The predicted octanol–water partition coefficient (Wildman–Crippen LogP) is 2.53. The molecule has 0 bridgehead atoms. The Morgan fingerprint density at radius 1 is 1.29 bits per heavy atom. The van der Waals surface area contributed by atoms with E-state index in [2.05, 4.69) is 5.32 Å². The molecule has 1 atom stereocenters. The third kappa shape index (κ3) is 3.20. The monoisotopic (exact) mass is 286 g/mol. The molecule has 2 rings (SSSR count). The van der Waals surface area contributed by atoms with E-state index in [0.717, 1.165) is 0 Å². The summed E-state index contributed by atoms with van der Waals surface area (Å²) in [6, 6.07) is 8.63. The van der Waals surface area contributed by atoms with Crippen molar-refractivity contribution in [2.45, 2.75) is 20.0 Å². The van der Waals surface area contributed by atoms with E-state index in [1.54, 1.807) is 55.1 Å². The Hall–Kier alpha value is -2.40. The lowest BCUT2D eigenvalue weighted by molar-refractivity contribution is 0.101. The Morgan fingerprint density at radius 3 is 2.52 bits per heavy atom. The van der Waals surface area contributed by atoms with Crippen LogP contribution in [0.2, 0.25) is 0 Å². The number of hydrogen-bond donors (Lipinski definition) is 2. The molecule has 0 spiro atoms. The maximum Gasteiger partial charge on any atom is 0.272 e. The van der Waals surface area contributed by atoms with Crippen LogP contribution in [-0.2, 0) is 7.05 Å². The molecule has 5 heteroatoms. The van der Waals surface area contributed by atoms with Gasteiger partial charge in [-0.05, 0) is 26.0 Å². The summed E-state index contributed by atoms with van der Waals surface area (Å²) in [5.41, 5.74) is 2.09. The van der Waals surface area contributed by atoms with Crippen LogP contribution in [0, 0.1) is 0 Å². The molecule has 21 heavy (non-hydrogen) atoms. The summed E-state index contributed by atoms with van der Waals surface area (Å²) < 4.78 is 1.61. The molecule has 2 N–H and O–H groups in total. The summed E-state index contributed by atoms with van der Waals surface area (Å²) in [5.74, 6) is -0.410. The van der Waals surface area contributed by atoms with E-state index in [9.17, 15) is 14.7 Å². The maximum atomic E-state index is 12.3. The first kappa shape index (κ1) is 15.0. The number of ketones is 1. The van der Waals surface area contributed by atoms with Gasteiger partial charge in [0.2, 0.25) is 0 Å². The number of Topliss-reactive ketones (excluding diaryl/α,β-unsaturated/α-hetero) is 1. The predicted molar refractivity (Wildman–Crippen MR) is 80.4 cm³/mol. The van der Waals surface area contributed by atoms with Gasteiger partial charge in [-0.15, -0.1) is 0 Å². The number of aryl methyl sites for hydroxylation is 1. The highest BCUT2D eigenvalue weighted by molar-refractivity contribution is 6.05. The molecule has 1 aromatic carbocycles. The van der Waals surface area contributed by atoms with Gasteiger partial charge in [-0.3, -0.25) is 9.59 Å². The molecule has 1 heterocycles. The molecule has 0 aliphatic rings. The Bertz CT molecular complexity index is 687. The Labute approximate surface area is 123 Å². The van der Waals surface area contributed by atoms with E-state index in [-0.39, 0.29) is 11.7 Å². The number of benzene rings is 1. The number of rotatable bonds is 4. The topological polar surface area (TPSA) is 71.3 Å². The number of nitrogens with zero attached hydrogens (tertiary/aromatic N) is 1. The van der Waals surface area contributed by atoms with Gasteiger partial charge < -0.3 is 15.0 Å². The lowest BCUT2D eigenvalue weighted by Crippen LogP contribution is -2.16. The number of carbonyl (C=O) groups excluding carboxylic acids is 2. The van der Waals surface area contributed by atoms with Gasteiger partial charge in [-0.1, -0.05) is 18.2 Å². The van der Waals surface area contributed by atoms with Gasteiger partial charge in [-0.2, -0.15) is 0 Å². The molecule has 1 aromatic heterocycles. The largest absolute Gasteiger partial charge is 0.389 e. The van der Waals surface area contributed by atoms with E-state index in [4.69, 9.17) is 0 Å².